The molecule has 26 heavy (non-hydrogen) atoms. The molecular formula is C22H31NO3. The van der Waals surface area contributed by atoms with Crippen molar-refractivity contribution >= 4 is 0 Å². The summed E-state index contributed by atoms with van der Waals surface area (Å²) in [4.78, 5) is 2.66. The van der Waals surface area contributed by atoms with E-state index in [0.29, 0.717) is 17.9 Å². The lowest BCUT2D eigenvalue weighted by molar-refractivity contribution is -0.153. The van der Waals surface area contributed by atoms with Crippen LogP contribution in [0.5, 0.6) is 0 Å². The third kappa shape index (κ3) is 1.96. The summed E-state index contributed by atoms with van der Waals surface area (Å²) in [5.74, 6) is 2.15. The van der Waals surface area contributed by atoms with Gasteiger partial charge in [-0.25, -0.2) is 0 Å². The predicted molar refractivity (Wildman–Crippen MR) is 101 cm³/mol. The summed E-state index contributed by atoms with van der Waals surface area (Å²) in [5, 5.41) is 0. The number of methoxy groups -OCH3 is 2. The SMILES string of the molecule is C=CCN1CCC23C4=C5OC2C(OC)CCC3C1CC4=CC(C)C5OC. The third-order valence-corrected chi connectivity index (χ3v) is 7.85. The largest absolute Gasteiger partial charge is 0.488 e. The Hall–Kier alpha value is -1.10. The number of hydrogen-bond acceptors (Lipinski definition) is 4. The van der Waals surface area contributed by atoms with E-state index in [1.54, 1.807) is 0 Å². The van der Waals surface area contributed by atoms with Crippen LogP contribution in [0, 0.1) is 17.3 Å². The summed E-state index contributed by atoms with van der Waals surface area (Å²) >= 11 is 0. The van der Waals surface area contributed by atoms with Crippen molar-refractivity contribution in [3.63, 3.8) is 0 Å². The Balaban J connectivity index is 1.66. The molecule has 2 heterocycles. The van der Waals surface area contributed by atoms with Crippen LogP contribution in [0.15, 0.2) is 35.6 Å². The molecule has 0 aromatic heterocycles. The zero-order valence-corrected chi connectivity index (χ0v) is 16.2. The molecule has 4 nitrogen and oxygen atoms in total. The molecule has 1 spiro atoms. The van der Waals surface area contributed by atoms with Crippen molar-refractivity contribution < 1.29 is 14.2 Å². The van der Waals surface area contributed by atoms with Crippen molar-refractivity contribution in [1.82, 2.24) is 4.90 Å². The second kappa shape index (κ2) is 5.95. The quantitative estimate of drug-likeness (QED) is 0.723. The highest BCUT2D eigenvalue weighted by atomic mass is 16.6. The molecule has 0 radical (unpaired) electrons. The lowest BCUT2D eigenvalue weighted by Gasteiger charge is -2.60. The summed E-state index contributed by atoms with van der Waals surface area (Å²) in [6.45, 7) is 8.37. The molecule has 0 aromatic rings. The van der Waals surface area contributed by atoms with Gasteiger partial charge in [0.25, 0.3) is 0 Å². The van der Waals surface area contributed by atoms with Crippen LogP contribution in [-0.4, -0.2) is 56.6 Å². The highest BCUT2D eigenvalue weighted by molar-refractivity contribution is 5.52. The Morgan fingerprint density at radius 1 is 1.35 bits per heavy atom. The zero-order chi connectivity index (χ0) is 18.1. The van der Waals surface area contributed by atoms with E-state index in [9.17, 15) is 0 Å². The Labute approximate surface area is 156 Å². The summed E-state index contributed by atoms with van der Waals surface area (Å²) in [5.41, 5.74) is 3.15. The van der Waals surface area contributed by atoms with Gasteiger partial charge in [0.2, 0.25) is 0 Å². The highest BCUT2D eigenvalue weighted by Gasteiger charge is 2.67. The summed E-state index contributed by atoms with van der Waals surface area (Å²) < 4.78 is 18.6. The zero-order valence-electron chi connectivity index (χ0n) is 16.2. The smallest absolute Gasteiger partial charge is 0.134 e. The normalized spacial score (nSPS) is 46.5. The van der Waals surface area contributed by atoms with Crippen LogP contribution in [0.25, 0.3) is 0 Å². The molecule has 2 bridgehead atoms. The standard InChI is InChI=1S/C22H31NO3/c1-5-9-23-10-8-22-15-6-7-17(24-3)21(22)26-20-18(22)14(12-16(15)23)11-13(2)19(20)25-4/h5,11,13,15-17,19,21H,1,6-10,12H2,2-4H3. The second-order valence-corrected chi connectivity index (χ2v) is 8.79. The van der Waals surface area contributed by atoms with Gasteiger partial charge in [0.1, 0.15) is 18.0 Å². The molecular weight excluding hydrogens is 326 g/mol. The lowest BCUT2D eigenvalue weighted by Crippen LogP contribution is -2.64. The van der Waals surface area contributed by atoms with Crippen LogP contribution < -0.4 is 0 Å². The van der Waals surface area contributed by atoms with Gasteiger partial charge in [0.05, 0.1) is 6.10 Å². The highest BCUT2D eigenvalue weighted by Crippen LogP contribution is 2.66. The molecule has 2 saturated carbocycles. The van der Waals surface area contributed by atoms with Gasteiger partial charge in [-0.2, -0.15) is 0 Å². The van der Waals surface area contributed by atoms with Gasteiger partial charge < -0.3 is 14.2 Å². The summed E-state index contributed by atoms with van der Waals surface area (Å²) in [6.07, 6.45) is 9.56. The number of rotatable bonds is 4. The monoisotopic (exact) mass is 357 g/mol. The van der Waals surface area contributed by atoms with Gasteiger partial charge >= 0.3 is 0 Å². The molecule has 3 fully saturated rings. The summed E-state index contributed by atoms with van der Waals surface area (Å²) in [7, 11) is 3.67. The Kier molecular flexibility index (Phi) is 3.90. The molecule has 0 aromatic carbocycles. The third-order valence-electron chi connectivity index (χ3n) is 7.85. The molecule has 1 saturated heterocycles. The maximum Gasteiger partial charge on any atom is 0.134 e. The second-order valence-electron chi connectivity index (χ2n) is 8.79. The average molecular weight is 357 g/mol. The van der Waals surface area contributed by atoms with Gasteiger partial charge in [-0.1, -0.05) is 19.1 Å². The lowest BCUT2D eigenvalue weighted by atomic mass is 9.49. The van der Waals surface area contributed by atoms with Crippen molar-refractivity contribution in [1.29, 1.82) is 0 Å². The van der Waals surface area contributed by atoms with Gasteiger partial charge in [-0.05, 0) is 43.7 Å². The van der Waals surface area contributed by atoms with Gasteiger partial charge in [0, 0.05) is 43.7 Å². The van der Waals surface area contributed by atoms with Crippen LogP contribution in [0.4, 0.5) is 0 Å². The topological polar surface area (TPSA) is 30.9 Å². The fraction of sp³-hybridized carbons (Fsp3) is 0.727. The van der Waals surface area contributed by atoms with E-state index < -0.39 is 0 Å². The van der Waals surface area contributed by atoms with Crippen molar-refractivity contribution in [2.24, 2.45) is 17.3 Å². The first-order valence-electron chi connectivity index (χ1n) is 10.2. The first kappa shape index (κ1) is 17.0. The van der Waals surface area contributed by atoms with E-state index >= 15 is 0 Å². The molecule has 3 aliphatic carbocycles. The molecule has 0 N–H and O–H groups in total. The molecule has 7 unspecified atom stereocenters. The van der Waals surface area contributed by atoms with Crippen LogP contribution in [-0.2, 0) is 14.2 Å². The molecule has 4 heteroatoms. The predicted octanol–water partition coefficient (Wildman–Crippen LogP) is 3.31. The van der Waals surface area contributed by atoms with Crippen molar-refractivity contribution in [3.8, 4) is 0 Å². The van der Waals surface area contributed by atoms with E-state index in [1.807, 2.05) is 14.2 Å². The van der Waals surface area contributed by atoms with Crippen LogP contribution in [0.1, 0.15) is 32.6 Å². The summed E-state index contributed by atoms with van der Waals surface area (Å²) in [6, 6.07) is 0.603. The van der Waals surface area contributed by atoms with E-state index in [2.05, 4.69) is 30.6 Å². The molecule has 5 rings (SSSR count). The van der Waals surface area contributed by atoms with E-state index in [-0.39, 0.29) is 23.7 Å². The number of likely N-dealkylation sites (tertiary alicyclic amines) is 1. The minimum absolute atomic E-state index is 0.0506. The van der Waals surface area contributed by atoms with Crippen molar-refractivity contribution in [2.75, 3.05) is 27.3 Å². The Bertz CT molecular complexity index is 683. The van der Waals surface area contributed by atoms with Crippen molar-refractivity contribution in [2.45, 2.75) is 57.0 Å². The molecule has 2 aliphatic heterocycles. The van der Waals surface area contributed by atoms with Crippen LogP contribution in [0.2, 0.25) is 0 Å². The Morgan fingerprint density at radius 2 is 2.19 bits per heavy atom. The van der Waals surface area contributed by atoms with E-state index in [4.69, 9.17) is 14.2 Å². The van der Waals surface area contributed by atoms with Crippen LogP contribution >= 0.6 is 0 Å². The fourth-order valence-corrected chi connectivity index (χ4v) is 6.98. The van der Waals surface area contributed by atoms with E-state index in [1.165, 1.54) is 17.6 Å². The van der Waals surface area contributed by atoms with Gasteiger partial charge in [-0.15, -0.1) is 6.58 Å². The molecule has 142 valence electrons. The molecule has 5 aliphatic rings. The minimum Gasteiger partial charge on any atom is -0.488 e. The first-order valence-corrected chi connectivity index (χ1v) is 10.2. The minimum atomic E-state index is 0.0506. The fourth-order valence-electron chi connectivity index (χ4n) is 6.98. The maximum atomic E-state index is 6.75. The average Bonchev–Trinajstić information content (AvgIpc) is 2.97. The Morgan fingerprint density at radius 3 is 2.92 bits per heavy atom. The number of hydrogen-bond donors (Lipinski definition) is 0. The van der Waals surface area contributed by atoms with Gasteiger partial charge in [-0.3, -0.25) is 4.90 Å². The van der Waals surface area contributed by atoms with E-state index in [0.717, 1.165) is 38.1 Å². The van der Waals surface area contributed by atoms with Gasteiger partial charge in [0.15, 0.2) is 0 Å². The molecule has 0 amide bonds. The van der Waals surface area contributed by atoms with Crippen LogP contribution in [0.3, 0.4) is 0 Å². The number of piperidine rings is 1. The number of ether oxygens (including phenoxy) is 3. The first-order chi connectivity index (χ1) is 12.7. The molecule has 7 atom stereocenters. The maximum absolute atomic E-state index is 6.75. The van der Waals surface area contributed by atoms with Crippen molar-refractivity contribution in [3.05, 3.63) is 35.6 Å². The number of nitrogens with zero attached hydrogens (tertiary/aromatic N) is 1.